The van der Waals surface area contributed by atoms with Crippen molar-refractivity contribution < 1.29 is 9.53 Å². The highest BCUT2D eigenvalue weighted by molar-refractivity contribution is 6.30. The Morgan fingerprint density at radius 1 is 1.00 bits per heavy atom. The minimum Gasteiger partial charge on any atom is -0.380 e. The van der Waals surface area contributed by atoms with E-state index in [1.54, 1.807) is 0 Å². The summed E-state index contributed by atoms with van der Waals surface area (Å²) in [4.78, 5) is 22.5. The van der Waals surface area contributed by atoms with E-state index in [4.69, 9.17) is 21.3 Å². The summed E-state index contributed by atoms with van der Waals surface area (Å²) in [5.74, 6) is 0.0581. The topological polar surface area (TPSA) is 50.1 Å². The van der Waals surface area contributed by atoms with Gasteiger partial charge in [0, 0.05) is 45.5 Å². The van der Waals surface area contributed by atoms with Crippen molar-refractivity contribution in [3.63, 3.8) is 0 Å². The first-order valence-corrected chi connectivity index (χ1v) is 10.9. The van der Waals surface area contributed by atoms with Gasteiger partial charge < -0.3 is 14.0 Å². The SMILES string of the molecule is O=C(c1nc2ccc(Cl)cn2c1CN1CCCOCC1)N1CCCCCCC1. The van der Waals surface area contributed by atoms with Crippen LogP contribution in [0.5, 0.6) is 0 Å². The first-order valence-electron chi connectivity index (χ1n) is 10.5. The van der Waals surface area contributed by atoms with Gasteiger partial charge in [-0.1, -0.05) is 30.9 Å². The quantitative estimate of drug-likeness (QED) is 0.784. The van der Waals surface area contributed by atoms with Crippen LogP contribution in [0, 0.1) is 0 Å². The molecule has 0 unspecified atom stereocenters. The zero-order chi connectivity index (χ0) is 19.3. The Morgan fingerprint density at radius 3 is 2.61 bits per heavy atom. The lowest BCUT2D eigenvalue weighted by Crippen LogP contribution is -2.35. The van der Waals surface area contributed by atoms with Gasteiger partial charge in [0.15, 0.2) is 5.69 Å². The van der Waals surface area contributed by atoms with Gasteiger partial charge in [-0.15, -0.1) is 0 Å². The van der Waals surface area contributed by atoms with Crippen molar-refractivity contribution in [2.75, 3.05) is 39.4 Å². The Hall–Kier alpha value is -1.63. The fraction of sp³-hybridized carbons (Fsp3) is 0.619. The Labute approximate surface area is 171 Å². The van der Waals surface area contributed by atoms with Crippen molar-refractivity contribution >= 4 is 23.2 Å². The number of rotatable bonds is 3. The molecule has 2 aromatic rings. The van der Waals surface area contributed by atoms with E-state index in [1.165, 1.54) is 19.3 Å². The van der Waals surface area contributed by atoms with Crippen LogP contribution < -0.4 is 0 Å². The summed E-state index contributed by atoms with van der Waals surface area (Å²) in [6.07, 6.45) is 8.70. The van der Waals surface area contributed by atoms with Gasteiger partial charge in [-0.3, -0.25) is 9.69 Å². The molecule has 2 fully saturated rings. The number of hydrogen-bond donors (Lipinski definition) is 0. The van der Waals surface area contributed by atoms with Crippen molar-refractivity contribution in [3.05, 3.63) is 34.7 Å². The van der Waals surface area contributed by atoms with Gasteiger partial charge >= 0.3 is 0 Å². The van der Waals surface area contributed by atoms with Crippen LogP contribution in [0.1, 0.15) is 54.7 Å². The number of imidazole rings is 1. The minimum absolute atomic E-state index is 0.0581. The molecule has 1 amide bonds. The van der Waals surface area contributed by atoms with Crippen LogP contribution in [-0.2, 0) is 11.3 Å². The van der Waals surface area contributed by atoms with E-state index in [0.29, 0.717) is 17.3 Å². The second-order valence-electron chi connectivity index (χ2n) is 7.78. The predicted octanol–water partition coefficient (Wildman–Crippen LogP) is 3.62. The molecule has 0 N–H and O–H groups in total. The molecule has 0 saturated carbocycles. The minimum atomic E-state index is 0.0581. The molecular formula is C21H29ClN4O2. The number of fused-ring (bicyclic) bond motifs is 1. The molecule has 4 heterocycles. The van der Waals surface area contributed by atoms with Crippen LogP contribution in [0.3, 0.4) is 0 Å². The van der Waals surface area contributed by atoms with Crippen molar-refractivity contribution in [2.45, 2.75) is 45.1 Å². The first-order chi connectivity index (χ1) is 13.7. The number of hydrogen-bond acceptors (Lipinski definition) is 4. The number of carbonyl (C=O) groups is 1. The predicted molar refractivity (Wildman–Crippen MR) is 110 cm³/mol. The molecule has 0 aliphatic carbocycles. The number of aromatic nitrogens is 2. The van der Waals surface area contributed by atoms with E-state index >= 15 is 0 Å². The van der Waals surface area contributed by atoms with Crippen LogP contribution >= 0.6 is 11.6 Å². The molecular weight excluding hydrogens is 376 g/mol. The van der Waals surface area contributed by atoms with Crippen molar-refractivity contribution in [3.8, 4) is 0 Å². The first kappa shape index (κ1) is 19.7. The third-order valence-electron chi connectivity index (χ3n) is 5.72. The maximum atomic E-state index is 13.4. The van der Waals surface area contributed by atoms with Gasteiger partial charge in [0.05, 0.1) is 17.3 Å². The molecule has 6 nitrogen and oxygen atoms in total. The smallest absolute Gasteiger partial charge is 0.274 e. The molecule has 2 saturated heterocycles. The summed E-state index contributed by atoms with van der Waals surface area (Å²) in [6.45, 7) is 5.69. The van der Waals surface area contributed by atoms with Crippen LogP contribution in [0.4, 0.5) is 0 Å². The average Bonchev–Trinajstić information content (AvgIpc) is 2.83. The van der Waals surface area contributed by atoms with Crippen molar-refractivity contribution in [2.24, 2.45) is 0 Å². The highest BCUT2D eigenvalue weighted by atomic mass is 35.5. The Kier molecular flexibility index (Phi) is 6.50. The summed E-state index contributed by atoms with van der Waals surface area (Å²) in [7, 11) is 0. The van der Waals surface area contributed by atoms with Gasteiger partial charge in [0.25, 0.3) is 5.91 Å². The lowest BCUT2D eigenvalue weighted by molar-refractivity contribution is 0.0734. The maximum Gasteiger partial charge on any atom is 0.274 e. The molecule has 2 aliphatic rings. The van der Waals surface area contributed by atoms with Gasteiger partial charge in [0.2, 0.25) is 0 Å². The molecule has 2 aromatic heterocycles. The Bertz CT molecular complexity index is 806. The zero-order valence-electron chi connectivity index (χ0n) is 16.4. The van der Waals surface area contributed by atoms with E-state index in [1.807, 2.05) is 27.6 Å². The van der Waals surface area contributed by atoms with Gasteiger partial charge in [-0.25, -0.2) is 4.98 Å². The second-order valence-corrected chi connectivity index (χ2v) is 8.22. The molecule has 28 heavy (non-hydrogen) atoms. The Balaban J connectivity index is 1.66. The number of likely N-dealkylation sites (tertiary alicyclic amines) is 1. The molecule has 0 atom stereocenters. The fourth-order valence-electron chi connectivity index (χ4n) is 4.16. The van der Waals surface area contributed by atoms with Crippen LogP contribution in [0.25, 0.3) is 5.65 Å². The number of pyridine rings is 1. The van der Waals surface area contributed by atoms with Crippen LogP contribution in [-0.4, -0.2) is 64.5 Å². The highest BCUT2D eigenvalue weighted by Gasteiger charge is 2.26. The van der Waals surface area contributed by atoms with Crippen molar-refractivity contribution in [1.29, 1.82) is 0 Å². The highest BCUT2D eigenvalue weighted by Crippen LogP contribution is 2.22. The third kappa shape index (κ3) is 4.50. The van der Waals surface area contributed by atoms with Crippen molar-refractivity contribution in [1.82, 2.24) is 19.2 Å². The van der Waals surface area contributed by atoms with Crippen LogP contribution in [0.2, 0.25) is 5.02 Å². The summed E-state index contributed by atoms with van der Waals surface area (Å²) >= 11 is 6.26. The van der Waals surface area contributed by atoms with E-state index in [9.17, 15) is 4.79 Å². The van der Waals surface area contributed by atoms with E-state index < -0.39 is 0 Å². The lowest BCUT2D eigenvalue weighted by atomic mass is 10.1. The zero-order valence-corrected chi connectivity index (χ0v) is 17.2. The molecule has 0 bridgehead atoms. The standard InChI is InChI=1S/C21H29ClN4O2/c22-17-7-8-19-23-20(21(27)25-10-4-2-1-3-5-11-25)18(26(19)15-17)16-24-9-6-13-28-14-12-24/h7-8,15H,1-6,9-14,16H2. The maximum absolute atomic E-state index is 13.4. The number of halogens is 1. The number of amides is 1. The average molecular weight is 405 g/mol. The molecule has 152 valence electrons. The van der Waals surface area contributed by atoms with E-state index in [-0.39, 0.29) is 5.91 Å². The number of carbonyl (C=O) groups excluding carboxylic acids is 1. The van der Waals surface area contributed by atoms with Gasteiger partial charge in [-0.2, -0.15) is 0 Å². The normalized spacial score (nSPS) is 20.0. The summed E-state index contributed by atoms with van der Waals surface area (Å²) in [6, 6.07) is 3.72. The Morgan fingerprint density at radius 2 is 1.79 bits per heavy atom. The van der Waals surface area contributed by atoms with E-state index in [0.717, 1.165) is 70.0 Å². The molecule has 7 heteroatoms. The number of nitrogens with zero attached hydrogens (tertiary/aromatic N) is 4. The number of ether oxygens (including phenoxy) is 1. The molecule has 0 aromatic carbocycles. The van der Waals surface area contributed by atoms with E-state index in [2.05, 4.69) is 4.90 Å². The molecule has 0 radical (unpaired) electrons. The summed E-state index contributed by atoms with van der Waals surface area (Å²) < 4.78 is 7.58. The molecule has 4 rings (SSSR count). The summed E-state index contributed by atoms with van der Waals surface area (Å²) in [5.41, 5.74) is 2.29. The third-order valence-corrected chi connectivity index (χ3v) is 5.94. The van der Waals surface area contributed by atoms with Crippen LogP contribution in [0.15, 0.2) is 18.3 Å². The molecule has 2 aliphatic heterocycles. The van der Waals surface area contributed by atoms with Gasteiger partial charge in [0.1, 0.15) is 5.65 Å². The largest absolute Gasteiger partial charge is 0.380 e. The van der Waals surface area contributed by atoms with Gasteiger partial charge in [-0.05, 0) is 31.4 Å². The fourth-order valence-corrected chi connectivity index (χ4v) is 4.32. The monoisotopic (exact) mass is 404 g/mol. The summed E-state index contributed by atoms with van der Waals surface area (Å²) in [5, 5.41) is 0.649. The molecule has 0 spiro atoms. The lowest BCUT2D eigenvalue weighted by Gasteiger charge is -2.25. The second kappa shape index (κ2) is 9.25.